The molecule has 2 aromatic heterocycles. The Hall–Kier alpha value is -2.64. The van der Waals surface area contributed by atoms with Crippen LogP contribution in [0.5, 0.6) is 0 Å². The molecule has 0 spiro atoms. The van der Waals surface area contributed by atoms with Crippen molar-refractivity contribution in [2.45, 2.75) is 71.5 Å². The van der Waals surface area contributed by atoms with E-state index in [1.54, 1.807) is 11.3 Å². The standard InChI is InChI=1S/C27H34N6S/c1-16-10-18-8-9-19(17(2)29-16)12-20(11-18)23-28-15-22-24(31-23)34-25(30-22)33(7)21-13-26(3,4)32-27(5,6)14-21/h8-12,15,18,21,32H,13-14H2,1-7H3/b16-10-,29-17?. The van der Waals surface area contributed by atoms with E-state index in [4.69, 9.17) is 19.9 Å². The molecule has 1 unspecified atom stereocenters. The fourth-order valence-corrected chi connectivity index (χ4v) is 6.51. The van der Waals surface area contributed by atoms with Gasteiger partial charge in [0.2, 0.25) is 0 Å². The third-order valence-electron chi connectivity index (χ3n) is 6.79. The molecule has 6 nitrogen and oxygen atoms in total. The summed E-state index contributed by atoms with van der Waals surface area (Å²) >= 11 is 1.65. The topological polar surface area (TPSA) is 66.3 Å². The second kappa shape index (κ2) is 8.24. The highest BCUT2D eigenvalue weighted by molar-refractivity contribution is 7.21. The van der Waals surface area contributed by atoms with E-state index in [1.807, 2.05) is 6.20 Å². The summed E-state index contributed by atoms with van der Waals surface area (Å²) in [5.41, 5.74) is 5.20. The van der Waals surface area contributed by atoms with Crippen LogP contribution in [0.2, 0.25) is 0 Å². The van der Waals surface area contributed by atoms with Crippen molar-refractivity contribution >= 4 is 38.1 Å². The van der Waals surface area contributed by atoms with Gasteiger partial charge >= 0.3 is 0 Å². The van der Waals surface area contributed by atoms with Gasteiger partial charge in [-0.15, -0.1) is 0 Å². The van der Waals surface area contributed by atoms with Crippen LogP contribution in [0.1, 0.15) is 60.2 Å². The molecule has 0 aromatic carbocycles. The first-order valence-corrected chi connectivity index (χ1v) is 12.8. The SMILES string of the molecule is CC1=N/C(C)=C\C2C=CC1=CC(c1ncc3nc(N(C)C4CC(C)(C)NC(C)(C)C4)sc3n1)=C2. The largest absolute Gasteiger partial charge is 0.348 e. The molecule has 1 aliphatic carbocycles. The van der Waals surface area contributed by atoms with E-state index < -0.39 is 0 Å². The average molecular weight is 475 g/mol. The number of aliphatic imine (C=N–C) groups is 1. The van der Waals surface area contributed by atoms with Crippen LogP contribution in [0.15, 0.2) is 52.8 Å². The van der Waals surface area contributed by atoms with Crippen LogP contribution in [0.25, 0.3) is 15.9 Å². The van der Waals surface area contributed by atoms with E-state index in [0.717, 1.165) is 56.7 Å². The van der Waals surface area contributed by atoms with Crippen molar-refractivity contribution in [3.8, 4) is 0 Å². The Kier molecular flexibility index (Phi) is 5.60. The fourth-order valence-electron chi connectivity index (χ4n) is 5.57. The minimum Gasteiger partial charge on any atom is -0.348 e. The summed E-state index contributed by atoms with van der Waals surface area (Å²) < 4.78 is 0. The van der Waals surface area contributed by atoms with E-state index >= 15 is 0 Å². The summed E-state index contributed by atoms with van der Waals surface area (Å²) in [7, 11) is 2.17. The Bertz CT molecular complexity index is 1270. The minimum atomic E-state index is 0.0862. The molecule has 0 amide bonds. The number of nitrogens with one attached hydrogen (secondary N) is 1. The molecule has 2 bridgehead atoms. The lowest BCUT2D eigenvalue weighted by atomic mass is 9.79. The fraction of sp³-hybridized carbons (Fsp3) is 0.481. The van der Waals surface area contributed by atoms with Crippen LogP contribution in [0, 0.1) is 5.92 Å². The molecule has 7 heteroatoms. The molecule has 4 heterocycles. The monoisotopic (exact) mass is 474 g/mol. The van der Waals surface area contributed by atoms with Gasteiger partial charge in [0.15, 0.2) is 11.0 Å². The Morgan fingerprint density at radius 2 is 1.76 bits per heavy atom. The predicted molar refractivity (Wildman–Crippen MR) is 143 cm³/mol. The second-order valence-electron chi connectivity index (χ2n) is 11.1. The van der Waals surface area contributed by atoms with E-state index in [2.05, 4.69) is 89.2 Å². The Morgan fingerprint density at radius 3 is 2.50 bits per heavy atom. The molecule has 0 saturated carbocycles. The van der Waals surface area contributed by atoms with Gasteiger partial charge in [-0.2, -0.15) is 0 Å². The zero-order chi connectivity index (χ0) is 24.3. The molecule has 5 rings (SSSR count). The number of hydrogen-bond acceptors (Lipinski definition) is 7. The Balaban J connectivity index is 1.47. The number of thiazole rings is 1. The zero-order valence-electron chi connectivity index (χ0n) is 21.2. The van der Waals surface area contributed by atoms with Gasteiger partial charge in [-0.3, -0.25) is 4.99 Å². The summed E-state index contributed by atoms with van der Waals surface area (Å²) in [4.78, 5) is 22.5. The van der Waals surface area contributed by atoms with Crippen molar-refractivity contribution in [3.63, 3.8) is 0 Å². The Labute approximate surface area is 206 Å². The molecule has 2 aromatic rings. The number of allylic oxidation sites excluding steroid dienone is 8. The van der Waals surface area contributed by atoms with Crippen molar-refractivity contribution in [1.82, 2.24) is 20.3 Å². The summed E-state index contributed by atoms with van der Waals surface area (Å²) in [5.74, 6) is 0.913. The molecule has 1 fully saturated rings. The summed E-state index contributed by atoms with van der Waals surface area (Å²) in [6.45, 7) is 13.2. The van der Waals surface area contributed by atoms with Gasteiger partial charge in [0.05, 0.1) is 6.20 Å². The molecule has 0 radical (unpaired) electrons. The van der Waals surface area contributed by atoms with Crippen LogP contribution >= 0.6 is 11.3 Å². The van der Waals surface area contributed by atoms with Crippen LogP contribution < -0.4 is 10.2 Å². The van der Waals surface area contributed by atoms with Crippen molar-refractivity contribution in [3.05, 3.63) is 53.7 Å². The first-order valence-electron chi connectivity index (χ1n) is 12.0. The minimum absolute atomic E-state index is 0.0862. The van der Waals surface area contributed by atoms with Gasteiger partial charge in [-0.1, -0.05) is 35.6 Å². The molecule has 2 aliphatic heterocycles. The van der Waals surface area contributed by atoms with E-state index in [0.29, 0.717) is 6.04 Å². The van der Waals surface area contributed by atoms with Crippen LogP contribution in [-0.4, -0.2) is 44.8 Å². The lowest BCUT2D eigenvalue weighted by Gasteiger charge is -2.48. The van der Waals surface area contributed by atoms with E-state index in [1.165, 1.54) is 0 Å². The van der Waals surface area contributed by atoms with Gasteiger partial charge in [-0.05, 0) is 66.0 Å². The zero-order valence-corrected chi connectivity index (χ0v) is 22.0. The second-order valence-corrected chi connectivity index (χ2v) is 12.1. The van der Waals surface area contributed by atoms with Crippen molar-refractivity contribution in [1.29, 1.82) is 0 Å². The van der Waals surface area contributed by atoms with Crippen molar-refractivity contribution < 1.29 is 0 Å². The van der Waals surface area contributed by atoms with E-state index in [9.17, 15) is 0 Å². The number of fused-ring (bicyclic) bond motifs is 3. The molecular weight excluding hydrogens is 440 g/mol. The lowest BCUT2D eigenvalue weighted by Crippen LogP contribution is -2.61. The van der Waals surface area contributed by atoms with Gasteiger partial charge in [-0.25, -0.2) is 15.0 Å². The average Bonchev–Trinajstić information content (AvgIpc) is 3.05. The summed E-state index contributed by atoms with van der Waals surface area (Å²) in [6, 6.07) is 0.417. The van der Waals surface area contributed by atoms with Gasteiger partial charge < -0.3 is 10.2 Å². The Morgan fingerprint density at radius 1 is 1.03 bits per heavy atom. The summed E-state index contributed by atoms with van der Waals surface area (Å²) in [6.07, 6.45) is 14.9. The maximum atomic E-state index is 4.95. The third kappa shape index (κ3) is 4.64. The number of rotatable bonds is 3. The number of anilines is 1. The van der Waals surface area contributed by atoms with Gasteiger partial charge in [0.25, 0.3) is 0 Å². The lowest BCUT2D eigenvalue weighted by molar-refractivity contribution is 0.161. The van der Waals surface area contributed by atoms with Crippen molar-refractivity contribution in [2.75, 3.05) is 11.9 Å². The number of hydrogen-bond donors (Lipinski definition) is 1. The summed E-state index contributed by atoms with van der Waals surface area (Å²) in [5, 5.41) is 4.78. The predicted octanol–water partition coefficient (Wildman–Crippen LogP) is 5.71. The maximum absolute atomic E-state index is 4.95. The normalized spacial score (nSPS) is 25.6. The van der Waals surface area contributed by atoms with Gasteiger partial charge in [0, 0.05) is 47.1 Å². The molecular formula is C27H34N6S. The third-order valence-corrected chi connectivity index (χ3v) is 7.85. The van der Waals surface area contributed by atoms with Gasteiger partial charge in [0.1, 0.15) is 10.3 Å². The van der Waals surface area contributed by atoms with E-state index in [-0.39, 0.29) is 17.0 Å². The molecule has 1 atom stereocenters. The van der Waals surface area contributed by atoms with Crippen molar-refractivity contribution in [2.24, 2.45) is 10.9 Å². The van der Waals surface area contributed by atoms with Crippen LogP contribution in [0.3, 0.4) is 0 Å². The molecule has 1 saturated heterocycles. The molecule has 34 heavy (non-hydrogen) atoms. The number of aromatic nitrogens is 3. The highest BCUT2D eigenvalue weighted by Gasteiger charge is 2.39. The highest BCUT2D eigenvalue weighted by atomic mass is 32.1. The number of piperidine rings is 1. The molecule has 1 N–H and O–H groups in total. The molecule has 3 aliphatic rings. The van der Waals surface area contributed by atoms with Crippen LogP contribution in [-0.2, 0) is 0 Å². The van der Waals surface area contributed by atoms with Crippen LogP contribution in [0.4, 0.5) is 5.13 Å². The maximum Gasteiger partial charge on any atom is 0.187 e. The smallest absolute Gasteiger partial charge is 0.187 e. The first kappa shape index (κ1) is 23.1. The first-order chi connectivity index (χ1) is 16.0. The number of nitrogens with zero attached hydrogens (tertiary/aromatic N) is 5. The quantitative estimate of drug-likeness (QED) is 0.618. The highest BCUT2D eigenvalue weighted by Crippen LogP contribution is 2.36. The molecule has 178 valence electrons.